The molecular formula is C11H14FNO3. The van der Waals surface area contributed by atoms with Gasteiger partial charge in [-0.25, -0.2) is 0 Å². The second-order valence-electron chi connectivity index (χ2n) is 3.47. The van der Waals surface area contributed by atoms with E-state index in [9.17, 15) is 4.39 Å². The summed E-state index contributed by atoms with van der Waals surface area (Å²) in [5.41, 5.74) is 0.776. The Hall–Kier alpha value is -1.49. The lowest BCUT2D eigenvalue weighted by atomic mass is 10.1. The van der Waals surface area contributed by atoms with Crippen molar-refractivity contribution in [1.29, 1.82) is 0 Å². The third-order valence-corrected chi connectivity index (χ3v) is 2.49. The molecule has 0 amide bonds. The summed E-state index contributed by atoms with van der Waals surface area (Å²) >= 11 is 0. The largest absolute Gasteiger partial charge is 0.493 e. The smallest absolute Gasteiger partial charge is 0.231 e. The number of hydrogen-bond acceptors (Lipinski definition) is 4. The first-order valence-corrected chi connectivity index (χ1v) is 5.07. The molecule has 16 heavy (non-hydrogen) atoms. The molecule has 1 aromatic rings. The third-order valence-electron chi connectivity index (χ3n) is 2.49. The van der Waals surface area contributed by atoms with Crippen LogP contribution in [0.2, 0.25) is 0 Å². The Morgan fingerprint density at radius 2 is 2.31 bits per heavy atom. The first-order valence-electron chi connectivity index (χ1n) is 5.07. The van der Waals surface area contributed by atoms with Gasteiger partial charge in [0.15, 0.2) is 11.5 Å². The summed E-state index contributed by atoms with van der Waals surface area (Å²) in [6, 6.07) is 1.77. The molecule has 1 N–H and O–H groups in total. The molecule has 0 fully saturated rings. The highest BCUT2D eigenvalue weighted by Crippen LogP contribution is 2.41. The van der Waals surface area contributed by atoms with Crippen molar-refractivity contribution in [1.82, 2.24) is 5.32 Å². The van der Waals surface area contributed by atoms with E-state index in [2.05, 4.69) is 5.32 Å². The highest BCUT2D eigenvalue weighted by molar-refractivity contribution is 5.53. The van der Waals surface area contributed by atoms with Gasteiger partial charge in [-0.2, -0.15) is 4.39 Å². The summed E-state index contributed by atoms with van der Waals surface area (Å²) in [6.45, 7) is 0.806. The van der Waals surface area contributed by atoms with Gasteiger partial charge in [0.1, 0.15) is 0 Å². The fourth-order valence-electron chi connectivity index (χ4n) is 1.70. The number of benzene rings is 1. The molecule has 0 saturated heterocycles. The number of likely N-dealkylation sites (N-methyl/N-ethyl adjacent to an activating group) is 1. The van der Waals surface area contributed by atoms with E-state index in [-0.39, 0.29) is 18.3 Å². The van der Waals surface area contributed by atoms with Crippen molar-refractivity contribution in [3.05, 3.63) is 17.4 Å². The summed E-state index contributed by atoms with van der Waals surface area (Å²) in [5.74, 6) is 0.345. The van der Waals surface area contributed by atoms with E-state index < -0.39 is 5.82 Å². The van der Waals surface area contributed by atoms with E-state index in [1.807, 2.05) is 7.05 Å². The van der Waals surface area contributed by atoms with Gasteiger partial charge in [0.05, 0.1) is 7.11 Å². The Kier molecular flexibility index (Phi) is 3.14. The van der Waals surface area contributed by atoms with Crippen LogP contribution in [0.5, 0.6) is 17.2 Å². The maximum atomic E-state index is 13.9. The van der Waals surface area contributed by atoms with Crippen molar-refractivity contribution in [3.63, 3.8) is 0 Å². The van der Waals surface area contributed by atoms with Gasteiger partial charge in [0.25, 0.3) is 0 Å². The van der Waals surface area contributed by atoms with E-state index in [1.54, 1.807) is 6.07 Å². The van der Waals surface area contributed by atoms with Crippen molar-refractivity contribution in [2.75, 3.05) is 27.5 Å². The van der Waals surface area contributed by atoms with Crippen LogP contribution < -0.4 is 19.5 Å². The average Bonchev–Trinajstić information content (AvgIpc) is 2.75. The number of ether oxygens (including phenoxy) is 3. The van der Waals surface area contributed by atoms with E-state index >= 15 is 0 Å². The van der Waals surface area contributed by atoms with Gasteiger partial charge in [0.2, 0.25) is 18.4 Å². The molecule has 88 valence electrons. The zero-order chi connectivity index (χ0) is 11.5. The predicted molar refractivity (Wildman–Crippen MR) is 56.7 cm³/mol. The fraction of sp³-hybridized carbons (Fsp3) is 0.455. The van der Waals surface area contributed by atoms with Crippen LogP contribution >= 0.6 is 0 Å². The molecule has 0 saturated carbocycles. The second kappa shape index (κ2) is 4.57. The van der Waals surface area contributed by atoms with Gasteiger partial charge >= 0.3 is 0 Å². The summed E-state index contributed by atoms with van der Waals surface area (Å²) in [5, 5.41) is 3.00. The lowest BCUT2D eigenvalue weighted by Crippen LogP contribution is -2.11. The predicted octanol–water partition coefficient (Wildman–Crippen LogP) is 1.32. The van der Waals surface area contributed by atoms with Crippen LogP contribution in [-0.4, -0.2) is 27.5 Å². The molecule has 0 aliphatic carbocycles. The van der Waals surface area contributed by atoms with Gasteiger partial charge in [-0.15, -0.1) is 0 Å². The van der Waals surface area contributed by atoms with Crippen molar-refractivity contribution in [2.45, 2.75) is 6.42 Å². The van der Waals surface area contributed by atoms with Crippen LogP contribution in [0.4, 0.5) is 4.39 Å². The molecule has 0 atom stereocenters. The molecule has 0 bridgehead atoms. The zero-order valence-corrected chi connectivity index (χ0v) is 9.30. The molecule has 0 spiro atoms. The Balaban J connectivity index is 2.39. The summed E-state index contributed by atoms with van der Waals surface area (Å²) < 4.78 is 29.2. The van der Waals surface area contributed by atoms with E-state index in [0.717, 1.165) is 12.1 Å². The number of methoxy groups -OCH3 is 1. The quantitative estimate of drug-likeness (QED) is 0.842. The van der Waals surface area contributed by atoms with Crippen LogP contribution in [0.15, 0.2) is 6.07 Å². The molecule has 1 aliphatic heterocycles. The van der Waals surface area contributed by atoms with Crippen LogP contribution in [0.1, 0.15) is 5.56 Å². The highest BCUT2D eigenvalue weighted by Gasteiger charge is 2.24. The normalized spacial score (nSPS) is 12.9. The lowest BCUT2D eigenvalue weighted by Gasteiger charge is -2.11. The fourth-order valence-corrected chi connectivity index (χ4v) is 1.70. The van der Waals surface area contributed by atoms with Gasteiger partial charge in [-0.1, -0.05) is 0 Å². The molecule has 1 heterocycles. The van der Waals surface area contributed by atoms with Gasteiger partial charge in [-0.05, 0) is 26.1 Å². The minimum atomic E-state index is -0.483. The monoisotopic (exact) mass is 227 g/mol. The number of nitrogens with one attached hydrogen (secondary N) is 1. The maximum absolute atomic E-state index is 13.9. The van der Waals surface area contributed by atoms with Crippen molar-refractivity contribution >= 4 is 0 Å². The average molecular weight is 227 g/mol. The van der Waals surface area contributed by atoms with Crippen LogP contribution in [-0.2, 0) is 6.42 Å². The van der Waals surface area contributed by atoms with E-state index in [0.29, 0.717) is 12.2 Å². The van der Waals surface area contributed by atoms with Crippen molar-refractivity contribution in [3.8, 4) is 17.2 Å². The molecule has 1 aromatic carbocycles. The van der Waals surface area contributed by atoms with E-state index in [4.69, 9.17) is 14.2 Å². The standard InChI is InChI=1S/C11H14FNO3/c1-13-4-3-7-5-8-11(16-6-15-8)9(12)10(7)14-2/h5,13H,3-4,6H2,1-2H3. The number of fused-ring (bicyclic) bond motifs is 1. The van der Waals surface area contributed by atoms with Crippen LogP contribution in [0.3, 0.4) is 0 Å². The Bertz CT molecular complexity index is 395. The SMILES string of the molecule is CNCCc1cc2c(c(F)c1OC)OCO2. The lowest BCUT2D eigenvalue weighted by molar-refractivity contribution is 0.170. The molecule has 1 aliphatic rings. The Morgan fingerprint density at radius 3 is 3.00 bits per heavy atom. The van der Waals surface area contributed by atoms with Crippen LogP contribution in [0.25, 0.3) is 0 Å². The van der Waals surface area contributed by atoms with Crippen molar-refractivity contribution < 1.29 is 18.6 Å². The molecule has 0 aromatic heterocycles. The minimum absolute atomic E-state index is 0.0604. The zero-order valence-electron chi connectivity index (χ0n) is 9.30. The number of rotatable bonds is 4. The Labute approximate surface area is 93.3 Å². The molecule has 0 unspecified atom stereocenters. The molecule has 5 heteroatoms. The van der Waals surface area contributed by atoms with Gasteiger partial charge in [0, 0.05) is 5.56 Å². The topological polar surface area (TPSA) is 39.7 Å². The first kappa shape index (κ1) is 11.0. The second-order valence-corrected chi connectivity index (χ2v) is 3.47. The Morgan fingerprint density at radius 1 is 1.50 bits per heavy atom. The summed E-state index contributed by atoms with van der Waals surface area (Å²) in [7, 11) is 3.29. The molecule has 2 rings (SSSR count). The van der Waals surface area contributed by atoms with Crippen molar-refractivity contribution in [2.24, 2.45) is 0 Å². The van der Waals surface area contributed by atoms with E-state index in [1.165, 1.54) is 7.11 Å². The molecule has 4 nitrogen and oxygen atoms in total. The number of halogens is 1. The first-order chi connectivity index (χ1) is 7.77. The maximum Gasteiger partial charge on any atom is 0.231 e. The number of hydrogen-bond donors (Lipinski definition) is 1. The summed E-state index contributed by atoms with van der Waals surface area (Å²) in [6.07, 6.45) is 0.674. The third kappa shape index (κ3) is 1.78. The minimum Gasteiger partial charge on any atom is -0.493 e. The van der Waals surface area contributed by atoms with Crippen LogP contribution in [0, 0.1) is 5.82 Å². The molecule has 0 radical (unpaired) electrons. The highest BCUT2D eigenvalue weighted by atomic mass is 19.1. The van der Waals surface area contributed by atoms with Gasteiger partial charge in [-0.3, -0.25) is 0 Å². The van der Waals surface area contributed by atoms with Gasteiger partial charge < -0.3 is 19.5 Å². The molecular weight excluding hydrogens is 213 g/mol. The summed E-state index contributed by atoms with van der Waals surface area (Å²) in [4.78, 5) is 0.